The van der Waals surface area contributed by atoms with Crippen LogP contribution in [0, 0.1) is 0 Å². The van der Waals surface area contributed by atoms with Crippen molar-refractivity contribution in [2.75, 3.05) is 0 Å². The van der Waals surface area contributed by atoms with E-state index in [1.165, 1.54) is 0 Å². The Hall–Kier alpha value is -1.52. The average Bonchev–Trinajstić information content (AvgIpc) is 2.84. The van der Waals surface area contributed by atoms with Gasteiger partial charge in [0.05, 0.1) is 11.2 Å². The third kappa shape index (κ3) is 2.99. The van der Waals surface area contributed by atoms with Crippen LogP contribution < -0.4 is 5.32 Å². The van der Waals surface area contributed by atoms with Crippen LogP contribution in [0.15, 0.2) is 30.6 Å². The molecule has 2 rings (SSSR count). The first-order valence-corrected chi connectivity index (χ1v) is 5.74. The van der Waals surface area contributed by atoms with E-state index in [2.05, 4.69) is 22.4 Å². The average molecular weight is 252 g/mol. The van der Waals surface area contributed by atoms with Crippen molar-refractivity contribution in [1.29, 1.82) is 0 Å². The zero-order chi connectivity index (χ0) is 12.3. The summed E-state index contributed by atoms with van der Waals surface area (Å²) >= 11 is 5.84. The van der Waals surface area contributed by atoms with E-state index >= 15 is 0 Å². The first-order valence-electron chi connectivity index (χ1n) is 5.36. The van der Waals surface area contributed by atoms with Gasteiger partial charge in [-0.15, -0.1) is 0 Å². The summed E-state index contributed by atoms with van der Waals surface area (Å²) in [6.07, 6.45) is 3.66. The van der Waals surface area contributed by atoms with E-state index < -0.39 is 0 Å². The standard InChI is InChI=1S/C12H14ClN3O/c1-8(10-6-15-16-7-10)14-5-9-2-3-12(17)11(13)4-9/h2-4,6-8,14,17H,5H2,1H3,(H,15,16). The number of aromatic hydroxyl groups is 1. The van der Waals surface area contributed by atoms with Crippen LogP contribution in [-0.4, -0.2) is 15.3 Å². The second kappa shape index (κ2) is 5.21. The topological polar surface area (TPSA) is 60.9 Å². The number of aromatic amines is 1. The highest BCUT2D eigenvalue weighted by Crippen LogP contribution is 2.23. The molecular formula is C12H14ClN3O. The molecule has 0 spiro atoms. The number of benzene rings is 1. The number of nitrogens with zero attached hydrogens (tertiary/aromatic N) is 1. The summed E-state index contributed by atoms with van der Waals surface area (Å²) < 4.78 is 0. The molecule has 0 saturated heterocycles. The largest absolute Gasteiger partial charge is 0.506 e. The Kier molecular flexibility index (Phi) is 3.66. The van der Waals surface area contributed by atoms with E-state index in [4.69, 9.17) is 11.6 Å². The monoisotopic (exact) mass is 251 g/mol. The predicted octanol–water partition coefficient (Wildman–Crippen LogP) is 2.62. The maximum absolute atomic E-state index is 9.31. The zero-order valence-electron chi connectivity index (χ0n) is 9.44. The van der Waals surface area contributed by atoms with Crippen LogP contribution in [0.1, 0.15) is 24.1 Å². The van der Waals surface area contributed by atoms with E-state index in [0.29, 0.717) is 11.6 Å². The number of phenols is 1. The first kappa shape index (κ1) is 12.0. The summed E-state index contributed by atoms with van der Waals surface area (Å²) in [5.74, 6) is 0.110. The lowest BCUT2D eigenvalue weighted by Crippen LogP contribution is -2.17. The normalized spacial score (nSPS) is 12.6. The molecule has 5 heteroatoms. The molecule has 17 heavy (non-hydrogen) atoms. The third-order valence-corrected chi connectivity index (χ3v) is 2.95. The number of H-pyrrole nitrogens is 1. The summed E-state index contributed by atoms with van der Waals surface area (Å²) in [5.41, 5.74) is 2.14. The Morgan fingerprint density at radius 1 is 1.53 bits per heavy atom. The Balaban J connectivity index is 1.96. The molecule has 1 unspecified atom stereocenters. The van der Waals surface area contributed by atoms with Crippen LogP contribution in [0.5, 0.6) is 5.75 Å². The van der Waals surface area contributed by atoms with Crippen molar-refractivity contribution in [2.24, 2.45) is 0 Å². The van der Waals surface area contributed by atoms with Gasteiger partial charge in [-0.1, -0.05) is 17.7 Å². The molecule has 3 N–H and O–H groups in total. The quantitative estimate of drug-likeness (QED) is 0.783. The minimum absolute atomic E-state index is 0.110. The molecule has 90 valence electrons. The van der Waals surface area contributed by atoms with Crippen molar-refractivity contribution in [2.45, 2.75) is 19.5 Å². The van der Waals surface area contributed by atoms with E-state index in [0.717, 1.165) is 11.1 Å². The Morgan fingerprint density at radius 3 is 3.00 bits per heavy atom. The highest BCUT2D eigenvalue weighted by molar-refractivity contribution is 6.32. The number of aromatic nitrogens is 2. The van der Waals surface area contributed by atoms with Gasteiger partial charge in [0.2, 0.25) is 0 Å². The second-order valence-corrected chi connectivity index (χ2v) is 4.33. The molecule has 0 bridgehead atoms. The van der Waals surface area contributed by atoms with Crippen molar-refractivity contribution < 1.29 is 5.11 Å². The summed E-state index contributed by atoms with van der Waals surface area (Å²) in [4.78, 5) is 0. The smallest absolute Gasteiger partial charge is 0.134 e. The lowest BCUT2D eigenvalue weighted by molar-refractivity contribution is 0.475. The number of hydrogen-bond donors (Lipinski definition) is 3. The Labute approximate surface area is 105 Å². The van der Waals surface area contributed by atoms with Gasteiger partial charge < -0.3 is 10.4 Å². The Morgan fingerprint density at radius 2 is 2.35 bits per heavy atom. The predicted molar refractivity (Wildman–Crippen MR) is 67.0 cm³/mol. The Bertz CT molecular complexity index is 485. The highest BCUT2D eigenvalue weighted by Gasteiger charge is 2.06. The molecule has 0 amide bonds. The third-order valence-electron chi connectivity index (χ3n) is 2.64. The van der Waals surface area contributed by atoms with Crippen LogP contribution >= 0.6 is 11.6 Å². The first-order chi connectivity index (χ1) is 8.16. The molecule has 4 nitrogen and oxygen atoms in total. The lowest BCUT2D eigenvalue weighted by Gasteiger charge is -2.12. The molecule has 0 aliphatic rings. The van der Waals surface area contributed by atoms with Crippen molar-refractivity contribution in [3.8, 4) is 5.75 Å². The molecule has 1 atom stereocenters. The summed E-state index contributed by atoms with van der Waals surface area (Å²) in [7, 11) is 0. The highest BCUT2D eigenvalue weighted by atomic mass is 35.5. The van der Waals surface area contributed by atoms with Crippen molar-refractivity contribution in [3.05, 3.63) is 46.7 Å². The maximum Gasteiger partial charge on any atom is 0.134 e. The van der Waals surface area contributed by atoms with Gasteiger partial charge in [0.1, 0.15) is 5.75 Å². The second-order valence-electron chi connectivity index (χ2n) is 3.92. The van der Waals surface area contributed by atoms with Crippen LogP contribution in [0.25, 0.3) is 0 Å². The van der Waals surface area contributed by atoms with Crippen molar-refractivity contribution in [1.82, 2.24) is 15.5 Å². The van der Waals surface area contributed by atoms with E-state index in [1.807, 2.05) is 12.3 Å². The van der Waals surface area contributed by atoms with Gasteiger partial charge >= 0.3 is 0 Å². The van der Waals surface area contributed by atoms with Crippen LogP contribution in [0.3, 0.4) is 0 Å². The van der Waals surface area contributed by atoms with Crippen LogP contribution in [0.2, 0.25) is 5.02 Å². The lowest BCUT2D eigenvalue weighted by atomic mass is 10.1. The van der Waals surface area contributed by atoms with E-state index in [9.17, 15) is 5.11 Å². The van der Waals surface area contributed by atoms with Gasteiger partial charge in [-0.2, -0.15) is 5.10 Å². The van der Waals surface area contributed by atoms with Gasteiger partial charge in [-0.25, -0.2) is 0 Å². The molecule has 1 aromatic heterocycles. The SMILES string of the molecule is CC(NCc1ccc(O)c(Cl)c1)c1cn[nH]c1. The minimum atomic E-state index is 0.110. The molecule has 0 radical (unpaired) electrons. The number of nitrogens with one attached hydrogen (secondary N) is 2. The fourth-order valence-corrected chi connectivity index (χ4v) is 1.75. The number of phenolic OH excluding ortho intramolecular Hbond substituents is 1. The van der Waals surface area contributed by atoms with Gasteiger partial charge in [0, 0.05) is 24.3 Å². The van der Waals surface area contributed by atoms with E-state index in [-0.39, 0.29) is 11.8 Å². The maximum atomic E-state index is 9.31. The summed E-state index contributed by atoms with van der Waals surface area (Å²) in [6.45, 7) is 2.75. The molecule has 0 saturated carbocycles. The fraction of sp³-hybridized carbons (Fsp3) is 0.250. The van der Waals surface area contributed by atoms with E-state index in [1.54, 1.807) is 18.3 Å². The van der Waals surface area contributed by atoms with Crippen LogP contribution in [-0.2, 0) is 6.54 Å². The van der Waals surface area contributed by atoms with Crippen molar-refractivity contribution in [3.63, 3.8) is 0 Å². The fourth-order valence-electron chi connectivity index (χ4n) is 1.55. The molecular weight excluding hydrogens is 238 g/mol. The number of halogens is 1. The van der Waals surface area contributed by atoms with Gasteiger partial charge in [0.25, 0.3) is 0 Å². The van der Waals surface area contributed by atoms with Gasteiger partial charge in [-0.3, -0.25) is 5.10 Å². The van der Waals surface area contributed by atoms with Gasteiger partial charge in [-0.05, 0) is 24.6 Å². The van der Waals surface area contributed by atoms with Gasteiger partial charge in [0.15, 0.2) is 0 Å². The van der Waals surface area contributed by atoms with Crippen molar-refractivity contribution >= 4 is 11.6 Å². The molecule has 0 aliphatic carbocycles. The summed E-state index contributed by atoms with van der Waals surface area (Å²) in [5, 5.41) is 19.7. The molecule has 1 heterocycles. The number of hydrogen-bond acceptors (Lipinski definition) is 3. The zero-order valence-corrected chi connectivity index (χ0v) is 10.2. The molecule has 0 fully saturated rings. The summed E-state index contributed by atoms with van der Waals surface area (Å²) in [6, 6.07) is 5.41. The van der Waals surface area contributed by atoms with Crippen LogP contribution in [0.4, 0.5) is 0 Å². The molecule has 2 aromatic rings. The molecule has 0 aliphatic heterocycles. The minimum Gasteiger partial charge on any atom is -0.506 e. The number of rotatable bonds is 4. The molecule has 1 aromatic carbocycles.